The van der Waals surface area contributed by atoms with Crippen molar-refractivity contribution in [3.63, 3.8) is 0 Å². The molecule has 0 spiro atoms. The minimum atomic E-state index is -1.46. The van der Waals surface area contributed by atoms with Crippen LogP contribution in [0.2, 0.25) is 0 Å². The van der Waals surface area contributed by atoms with Crippen molar-refractivity contribution in [3.05, 3.63) is 35.0 Å². The lowest BCUT2D eigenvalue weighted by Crippen LogP contribution is -2.30. The third-order valence-corrected chi connectivity index (χ3v) is 3.56. The maximum atomic E-state index is 12.0. The second kappa shape index (κ2) is 5.97. The van der Waals surface area contributed by atoms with E-state index >= 15 is 0 Å². The molecule has 0 saturated carbocycles. The van der Waals surface area contributed by atoms with E-state index in [1.54, 1.807) is 12.1 Å². The van der Waals surface area contributed by atoms with Gasteiger partial charge >= 0.3 is 5.97 Å². The number of nitrogens with one attached hydrogen (secondary N) is 2. The maximum absolute atomic E-state index is 12.0. The third kappa shape index (κ3) is 3.22. The Balaban J connectivity index is 2.06. The van der Waals surface area contributed by atoms with Gasteiger partial charge in [0.25, 0.3) is 5.91 Å². The summed E-state index contributed by atoms with van der Waals surface area (Å²) in [5.41, 5.74) is 3.64. The van der Waals surface area contributed by atoms with E-state index in [9.17, 15) is 9.59 Å². The van der Waals surface area contributed by atoms with Gasteiger partial charge in [-0.05, 0) is 37.6 Å². The predicted octanol–water partition coefficient (Wildman–Crippen LogP) is 1.35. The van der Waals surface area contributed by atoms with Gasteiger partial charge in [0, 0.05) is 35.1 Å². The largest absolute Gasteiger partial charge is 0.479 e. The molecule has 2 rings (SSSR count). The van der Waals surface area contributed by atoms with Gasteiger partial charge in [0.1, 0.15) is 0 Å². The summed E-state index contributed by atoms with van der Waals surface area (Å²) >= 11 is 0. The van der Waals surface area contributed by atoms with Crippen molar-refractivity contribution in [1.82, 2.24) is 10.3 Å². The molecule has 1 atom stereocenters. The highest BCUT2D eigenvalue weighted by Gasteiger charge is 2.14. The summed E-state index contributed by atoms with van der Waals surface area (Å²) in [7, 11) is 0. The molecular weight excluding hydrogens is 272 g/mol. The first-order valence-electron chi connectivity index (χ1n) is 6.68. The lowest BCUT2D eigenvalue weighted by Gasteiger charge is -2.07. The summed E-state index contributed by atoms with van der Waals surface area (Å²) in [5.74, 6) is -1.57. The molecule has 21 heavy (non-hydrogen) atoms. The van der Waals surface area contributed by atoms with Crippen LogP contribution in [0.1, 0.15) is 28.0 Å². The van der Waals surface area contributed by atoms with Crippen LogP contribution in [0.15, 0.2) is 18.2 Å². The number of amides is 1. The Morgan fingerprint density at radius 3 is 2.71 bits per heavy atom. The molecular formula is C15H18N2O4. The normalized spacial score (nSPS) is 12.3. The average molecular weight is 290 g/mol. The van der Waals surface area contributed by atoms with Crippen molar-refractivity contribution < 1.29 is 19.8 Å². The minimum absolute atomic E-state index is 0.0222. The van der Waals surface area contributed by atoms with Crippen LogP contribution in [-0.2, 0) is 4.79 Å². The van der Waals surface area contributed by atoms with Crippen molar-refractivity contribution >= 4 is 22.8 Å². The SMILES string of the molecule is Cc1[nH]c2ccc(C(=O)NCCC(O)C(=O)O)cc2c1C. The summed E-state index contributed by atoms with van der Waals surface area (Å²) in [5, 5.41) is 21.3. The van der Waals surface area contributed by atoms with Crippen molar-refractivity contribution in [2.24, 2.45) is 0 Å². The molecule has 0 bridgehead atoms. The van der Waals surface area contributed by atoms with E-state index in [1.165, 1.54) is 0 Å². The van der Waals surface area contributed by atoms with Crippen molar-refractivity contribution in [1.29, 1.82) is 0 Å². The summed E-state index contributed by atoms with van der Waals surface area (Å²) in [6, 6.07) is 5.36. The smallest absolute Gasteiger partial charge is 0.332 e. The number of carboxylic acid groups (broad SMARTS) is 1. The van der Waals surface area contributed by atoms with E-state index < -0.39 is 12.1 Å². The standard InChI is InChI=1S/C15H18N2O4/c1-8-9(2)17-12-4-3-10(7-11(8)12)14(19)16-6-5-13(18)15(20)21/h3-4,7,13,17-18H,5-6H2,1-2H3,(H,16,19)(H,20,21). The first-order chi connectivity index (χ1) is 9.90. The van der Waals surface area contributed by atoms with E-state index in [0.717, 1.165) is 22.2 Å². The molecule has 6 heteroatoms. The fourth-order valence-corrected chi connectivity index (χ4v) is 2.15. The number of fused-ring (bicyclic) bond motifs is 1. The number of carbonyl (C=O) groups is 2. The molecule has 0 saturated heterocycles. The van der Waals surface area contributed by atoms with Gasteiger partial charge in [0.15, 0.2) is 6.10 Å². The van der Waals surface area contributed by atoms with Crippen molar-refractivity contribution in [2.45, 2.75) is 26.4 Å². The van der Waals surface area contributed by atoms with E-state index in [1.807, 2.05) is 19.9 Å². The number of aromatic nitrogens is 1. The van der Waals surface area contributed by atoms with Crippen LogP contribution in [0.3, 0.4) is 0 Å². The van der Waals surface area contributed by atoms with Gasteiger partial charge in [-0.3, -0.25) is 4.79 Å². The lowest BCUT2D eigenvalue weighted by molar-refractivity contribution is -0.146. The first kappa shape index (κ1) is 15.1. The predicted molar refractivity (Wildman–Crippen MR) is 78.4 cm³/mol. The molecule has 2 aromatic rings. The van der Waals surface area contributed by atoms with Crippen LogP contribution in [0.25, 0.3) is 10.9 Å². The highest BCUT2D eigenvalue weighted by atomic mass is 16.4. The quantitative estimate of drug-likeness (QED) is 0.667. The lowest BCUT2D eigenvalue weighted by atomic mass is 10.1. The van der Waals surface area contributed by atoms with Crippen LogP contribution in [0.4, 0.5) is 0 Å². The Labute approximate surface area is 121 Å². The molecule has 1 unspecified atom stereocenters. The number of carbonyl (C=O) groups excluding carboxylic acids is 1. The van der Waals surface area contributed by atoms with Gasteiger partial charge in [-0.1, -0.05) is 0 Å². The van der Waals surface area contributed by atoms with Crippen LogP contribution in [-0.4, -0.2) is 39.7 Å². The topological polar surface area (TPSA) is 102 Å². The Kier molecular flexibility index (Phi) is 4.28. The molecule has 0 aliphatic carbocycles. The highest BCUT2D eigenvalue weighted by Crippen LogP contribution is 2.22. The van der Waals surface area contributed by atoms with E-state index in [0.29, 0.717) is 5.56 Å². The van der Waals surface area contributed by atoms with Crippen molar-refractivity contribution in [2.75, 3.05) is 6.54 Å². The monoisotopic (exact) mass is 290 g/mol. The molecule has 1 aromatic carbocycles. The molecule has 1 amide bonds. The Morgan fingerprint density at radius 2 is 2.05 bits per heavy atom. The van der Waals surface area contributed by atoms with Gasteiger partial charge in [-0.15, -0.1) is 0 Å². The second-order valence-corrected chi connectivity index (χ2v) is 5.03. The number of hydrogen-bond acceptors (Lipinski definition) is 3. The minimum Gasteiger partial charge on any atom is -0.479 e. The number of aryl methyl sites for hydroxylation is 2. The molecule has 112 valence electrons. The van der Waals surface area contributed by atoms with Crippen LogP contribution in [0, 0.1) is 13.8 Å². The molecule has 0 aliphatic rings. The number of aliphatic hydroxyl groups excluding tert-OH is 1. The number of hydrogen-bond donors (Lipinski definition) is 4. The number of carboxylic acids is 1. The number of rotatable bonds is 5. The molecule has 1 heterocycles. The summed E-state index contributed by atoms with van der Waals surface area (Å²) in [6.07, 6.45) is -1.48. The molecule has 0 fully saturated rings. The second-order valence-electron chi connectivity index (χ2n) is 5.03. The van der Waals surface area contributed by atoms with Gasteiger partial charge < -0.3 is 20.5 Å². The van der Waals surface area contributed by atoms with Crippen LogP contribution >= 0.6 is 0 Å². The Hall–Kier alpha value is -2.34. The fraction of sp³-hybridized carbons (Fsp3) is 0.333. The maximum Gasteiger partial charge on any atom is 0.332 e. The highest BCUT2D eigenvalue weighted by molar-refractivity contribution is 5.99. The first-order valence-corrected chi connectivity index (χ1v) is 6.68. The van der Waals surface area contributed by atoms with Crippen LogP contribution in [0.5, 0.6) is 0 Å². The number of aliphatic hydroxyl groups is 1. The van der Waals surface area contributed by atoms with Gasteiger partial charge in [-0.25, -0.2) is 4.79 Å². The zero-order valence-corrected chi connectivity index (χ0v) is 11.9. The Bertz CT molecular complexity index is 690. The number of aliphatic carboxylic acids is 1. The van der Waals surface area contributed by atoms with E-state index in [2.05, 4.69) is 10.3 Å². The molecule has 4 N–H and O–H groups in total. The third-order valence-electron chi connectivity index (χ3n) is 3.56. The zero-order valence-electron chi connectivity index (χ0n) is 11.9. The average Bonchev–Trinajstić information content (AvgIpc) is 2.73. The van der Waals surface area contributed by atoms with Gasteiger partial charge in [0.2, 0.25) is 0 Å². The number of H-pyrrole nitrogens is 1. The summed E-state index contributed by atoms with van der Waals surface area (Å²) < 4.78 is 0. The molecule has 6 nitrogen and oxygen atoms in total. The summed E-state index contributed by atoms with van der Waals surface area (Å²) in [6.45, 7) is 4.07. The van der Waals surface area contributed by atoms with Crippen molar-refractivity contribution in [3.8, 4) is 0 Å². The summed E-state index contributed by atoms with van der Waals surface area (Å²) in [4.78, 5) is 25.7. The molecule has 0 radical (unpaired) electrons. The number of aromatic amines is 1. The molecule has 1 aromatic heterocycles. The van der Waals surface area contributed by atoms with E-state index in [4.69, 9.17) is 10.2 Å². The molecule has 0 aliphatic heterocycles. The van der Waals surface area contributed by atoms with E-state index in [-0.39, 0.29) is 18.9 Å². The van der Waals surface area contributed by atoms with Gasteiger partial charge in [0.05, 0.1) is 0 Å². The fourth-order valence-electron chi connectivity index (χ4n) is 2.15. The Morgan fingerprint density at radius 1 is 1.33 bits per heavy atom. The van der Waals surface area contributed by atoms with Gasteiger partial charge in [-0.2, -0.15) is 0 Å². The number of benzene rings is 1. The van der Waals surface area contributed by atoms with Crippen LogP contribution < -0.4 is 5.32 Å². The zero-order chi connectivity index (χ0) is 15.6.